The number of benzene rings is 2. The van der Waals surface area contributed by atoms with Gasteiger partial charge in [-0.25, -0.2) is 4.79 Å². The molecule has 0 aliphatic carbocycles. The molecule has 0 aromatic heterocycles. The fourth-order valence-electron chi connectivity index (χ4n) is 2.77. The lowest BCUT2D eigenvalue weighted by atomic mass is 9.99. The van der Waals surface area contributed by atoms with Crippen LogP contribution in [0, 0.1) is 0 Å². The van der Waals surface area contributed by atoms with Gasteiger partial charge < -0.3 is 4.74 Å². The normalized spacial score (nSPS) is 18.1. The molecule has 0 amide bonds. The van der Waals surface area contributed by atoms with Gasteiger partial charge in [0.15, 0.2) is 0 Å². The molecule has 1 aliphatic heterocycles. The number of hydrogen-bond donors (Lipinski definition) is 0. The zero-order valence-electron chi connectivity index (χ0n) is 12.1. The van der Waals surface area contributed by atoms with Crippen molar-refractivity contribution in [2.75, 3.05) is 0 Å². The van der Waals surface area contributed by atoms with E-state index in [2.05, 4.69) is 18.2 Å². The molecule has 1 aliphatic rings. The molecule has 3 rings (SSSR count). The smallest absolute Gasteiger partial charge is 0.339 e. The molecule has 0 saturated heterocycles. The van der Waals surface area contributed by atoms with Gasteiger partial charge in [-0.2, -0.15) is 0 Å². The standard InChI is InChI=1S/C19H18O2/c1-2-6-14-7-5-9-16(13-14)18-12-11-15-8-3-4-10-17(15)19(20)21-18/h2-10,13,18H,11-12H2,1H3/b6-2+. The number of rotatable bonds is 2. The maximum atomic E-state index is 12.3. The maximum Gasteiger partial charge on any atom is 0.339 e. The van der Waals surface area contributed by atoms with E-state index in [9.17, 15) is 4.79 Å². The first-order valence-corrected chi connectivity index (χ1v) is 7.29. The van der Waals surface area contributed by atoms with Gasteiger partial charge in [0.1, 0.15) is 6.10 Å². The average Bonchev–Trinajstić information content (AvgIpc) is 2.68. The predicted octanol–water partition coefficient (Wildman–Crippen LogP) is 4.56. The van der Waals surface area contributed by atoms with Crippen molar-refractivity contribution in [1.82, 2.24) is 0 Å². The van der Waals surface area contributed by atoms with E-state index in [1.165, 1.54) is 0 Å². The Bertz CT molecular complexity index is 685. The molecular weight excluding hydrogens is 260 g/mol. The van der Waals surface area contributed by atoms with Crippen LogP contribution in [0.2, 0.25) is 0 Å². The highest BCUT2D eigenvalue weighted by molar-refractivity contribution is 5.91. The first-order valence-electron chi connectivity index (χ1n) is 7.29. The van der Waals surface area contributed by atoms with Gasteiger partial charge in [-0.1, -0.05) is 48.6 Å². The monoisotopic (exact) mass is 278 g/mol. The number of carbonyl (C=O) groups is 1. The van der Waals surface area contributed by atoms with Crippen molar-refractivity contribution >= 4 is 12.0 Å². The highest BCUT2D eigenvalue weighted by atomic mass is 16.5. The maximum absolute atomic E-state index is 12.3. The largest absolute Gasteiger partial charge is 0.454 e. The quantitative estimate of drug-likeness (QED) is 0.752. The zero-order chi connectivity index (χ0) is 14.7. The van der Waals surface area contributed by atoms with Gasteiger partial charge in [0, 0.05) is 0 Å². The van der Waals surface area contributed by atoms with E-state index in [0.717, 1.165) is 29.5 Å². The van der Waals surface area contributed by atoms with Crippen LogP contribution in [0.4, 0.5) is 0 Å². The van der Waals surface area contributed by atoms with Crippen LogP contribution in [0.15, 0.2) is 54.6 Å². The molecule has 1 unspecified atom stereocenters. The Morgan fingerprint density at radius 3 is 2.86 bits per heavy atom. The second-order valence-corrected chi connectivity index (χ2v) is 5.26. The first kappa shape index (κ1) is 13.6. The lowest BCUT2D eigenvalue weighted by molar-refractivity contribution is 0.0298. The number of hydrogen-bond acceptors (Lipinski definition) is 2. The highest BCUT2D eigenvalue weighted by Crippen LogP contribution is 2.30. The van der Waals surface area contributed by atoms with Crippen molar-refractivity contribution in [2.45, 2.75) is 25.9 Å². The highest BCUT2D eigenvalue weighted by Gasteiger charge is 2.24. The van der Waals surface area contributed by atoms with E-state index >= 15 is 0 Å². The molecule has 0 radical (unpaired) electrons. The lowest BCUT2D eigenvalue weighted by Crippen LogP contribution is -2.09. The molecule has 0 bridgehead atoms. The number of carbonyl (C=O) groups excluding carboxylic acids is 1. The Labute approximate surface area is 125 Å². The van der Waals surface area contributed by atoms with Gasteiger partial charge in [-0.05, 0) is 48.6 Å². The number of ether oxygens (including phenoxy) is 1. The molecule has 0 N–H and O–H groups in total. The van der Waals surface area contributed by atoms with Gasteiger partial charge >= 0.3 is 5.97 Å². The molecule has 0 fully saturated rings. The number of esters is 1. The van der Waals surface area contributed by atoms with Crippen LogP contribution >= 0.6 is 0 Å². The Morgan fingerprint density at radius 2 is 2.00 bits per heavy atom. The summed E-state index contributed by atoms with van der Waals surface area (Å²) in [6, 6.07) is 15.9. The van der Waals surface area contributed by atoms with E-state index in [1.54, 1.807) is 0 Å². The van der Waals surface area contributed by atoms with Crippen LogP contribution in [0.1, 0.15) is 46.5 Å². The number of cyclic esters (lactones) is 1. The summed E-state index contributed by atoms with van der Waals surface area (Å²) in [5.74, 6) is -0.218. The van der Waals surface area contributed by atoms with Gasteiger partial charge in [0.25, 0.3) is 0 Å². The lowest BCUT2D eigenvalue weighted by Gasteiger charge is -2.15. The summed E-state index contributed by atoms with van der Waals surface area (Å²) in [7, 11) is 0. The number of aryl methyl sites for hydroxylation is 1. The van der Waals surface area contributed by atoms with Crippen LogP contribution in [0.25, 0.3) is 6.08 Å². The molecule has 0 saturated carbocycles. The van der Waals surface area contributed by atoms with E-state index in [-0.39, 0.29) is 12.1 Å². The minimum absolute atomic E-state index is 0.171. The van der Waals surface area contributed by atoms with E-state index in [4.69, 9.17) is 4.74 Å². The van der Waals surface area contributed by atoms with Gasteiger partial charge in [0.05, 0.1) is 5.56 Å². The fraction of sp³-hybridized carbons (Fsp3) is 0.211. The van der Waals surface area contributed by atoms with Gasteiger partial charge in [0.2, 0.25) is 0 Å². The minimum atomic E-state index is -0.218. The second-order valence-electron chi connectivity index (χ2n) is 5.26. The third kappa shape index (κ3) is 2.89. The molecule has 0 spiro atoms. The van der Waals surface area contributed by atoms with Crippen LogP contribution in [-0.2, 0) is 11.2 Å². The summed E-state index contributed by atoms with van der Waals surface area (Å²) in [5, 5.41) is 0. The van der Waals surface area contributed by atoms with Crippen LogP contribution in [0.5, 0.6) is 0 Å². The Kier molecular flexibility index (Phi) is 3.87. The van der Waals surface area contributed by atoms with E-state index in [1.807, 2.05) is 49.4 Å². The number of fused-ring (bicyclic) bond motifs is 1. The van der Waals surface area contributed by atoms with Crippen LogP contribution < -0.4 is 0 Å². The van der Waals surface area contributed by atoms with Gasteiger partial charge in [-0.15, -0.1) is 0 Å². The predicted molar refractivity (Wildman–Crippen MR) is 84.1 cm³/mol. The third-order valence-electron chi connectivity index (χ3n) is 3.80. The molecule has 2 heteroatoms. The summed E-state index contributed by atoms with van der Waals surface area (Å²) >= 11 is 0. The Balaban J connectivity index is 1.89. The Morgan fingerprint density at radius 1 is 1.14 bits per heavy atom. The molecule has 2 aromatic carbocycles. The van der Waals surface area contributed by atoms with Crippen molar-refractivity contribution in [3.63, 3.8) is 0 Å². The second kappa shape index (κ2) is 5.96. The summed E-state index contributed by atoms with van der Waals surface area (Å²) < 4.78 is 5.69. The summed E-state index contributed by atoms with van der Waals surface area (Å²) in [4.78, 5) is 12.3. The number of allylic oxidation sites excluding steroid dienone is 1. The molecule has 1 atom stereocenters. The van der Waals surface area contributed by atoms with E-state index in [0.29, 0.717) is 5.56 Å². The summed E-state index contributed by atoms with van der Waals surface area (Å²) in [6.45, 7) is 2.00. The molecule has 21 heavy (non-hydrogen) atoms. The van der Waals surface area contributed by atoms with E-state index < -0.39 is 0 Å². The molecule has 2 aromatic rings. The van der Waals surface area contributed by atoms with Crippen LogP contribution in [0.3, 0.4) is 0 Å². The van der Waals surface area contributed by atoms with Crippen molar-refractivity contribution in [3.8, 4) is 0 Å². The average molecular weight is 278 g/mol. The van der Waals surface area contributed by atoms with Crippen molar-refractivity contribution < 1.29 is 9.53 Å². The van der Waals surface area contributed by atoms with Crippen molar-refractivity contribution in [2.24, 2.45) is 0 Å². The zero-order valence-corrected chi connectivity index (χ0v) is 12.1. The third-order valence-corrected chi connectivity index (χ3v) is 3.80. The first-order chi connectivity index (χ1) is 10.3. The molecular formula is C19H18O2. The molecule has 106 valence electrons. The van der Waals surface area contributed by atoms with Crippen molar-refractivity contribution in [1.29, 1.82) is 0 Å². The topological polar surface area (TPSA) is 26.3 Å². The fourth-order valence-corrected chi connectivity index (χ4v) is 2.77. The Hall–Kier alpha value is -2.35. The van der Waals surface area contributed by atoms with Gasteiger partial charge in [-0.3, -0.25) is 0 Å². The summed E-state index contributed by atoms with van der Waals surface area (Å²) in [5.41, 5.74) is 3.97. The minimum Gasteiger partial charge on any atom is -0.454 e. The summed E-state index contributed by atoms with van der Waals surface area (Å²) in [6.07, 6.45) is 5.57. The van der Waals surface area contributed by atoms with Crippen molar-refractivity contribution in [3.05, 3.63) is 76.9 Å². The van der Waals surface area contributed by atoms with Crippen LogP contribution in [-0.4, -0.2) is 5.97 Å². The molecule has 2 nitrogen and oxygen atoms in total. The SMILES string of the molecule is C/C=C/c1cccc(C2CCc3ccccc3C(=O)O2)c1. The molecule has 1 heterocycles.